The van der Waals surface area contributed by atoms with Gasteiger partial charge in [-0.1, -0.05) is 79.7 Å². The normalized spacial score (nSPS) is 11.7. The maximum atomic E-state index is 12.3. The van der Waals surface area contributed by atoms with Crippen LogP contribution in [0.5, 0.6) is 0 Å². The third kappa shape index (κ3) is 7.57. The van der Waals surface area contributed by atoms with Crippen molar-refractivity contribution in [1.29, 1.82) is 0 Å². The maximum absolute atomic E-state index is 12.3. The second-order valence-corrected chi connectivity index (χ2v) is 5.84. The fourth-order valence-electron chi connectivity index (χ4n) is 2.24. The van der Waals surface area contributed by atoms with E-state index in [9.17, 15) is 9.59 Å². The molecule has 2 N–H and O–H groups in total. The second-order valence-electron chi connectivity index (χ2n) is 5.84. The van der Waals surface area contributed by atoms with Gasteiger partial charge in [-0.3, -0.25) is 9.59 Å². The summed E-state index contributed by atoms with van der Waals surface area (Å²) >= 11 is 0. The highest BCUT2D eigenvalue weighted by atomic mass is 16.2. The monoisotopic (exact) mass is 360 g/mol. The molecule has 0 heterocycles. The first-order valence-electron chi connectivity index (χ1n) is 8.94. The van der Waals surface area contributed by atoms with Gasteiger partial charge in [0.05, 0.1) is 0 Å². The van der Waals surface area contributed by atoms with Crippen LogP contribution in [-0.4, -0.2) is 18.4 Å². The minimum Gasteiger partial charge on any atom is -0.351 e. The van der Waals surface area contributed by atoms with Crippen molar-refractivity contribution in [2.75, 3.05) is 6.54 Å². The van der Waals surface area contributed by atoms with Gasteiger partial charge in [-0.15, -0.1) is 0 Å². The number of nitrogens with one attached hydrogen (secondary N) is 2. The Kier molecular flexibility index (Phi) is 8.31. The first kappa shape index (κ1) is 19.9. The minimum absolute atomic E-state index is 0.207. The zero-order valence-electron chi connectivity index (χ0n) is 15.4. The molecule has 2 rings (SSSR count). The van der Waals surface area contributed by atoms with Crippen molar-refractivity contribution < 1.29 is 9.59 Å². The van der Waals surface area contributed by atoms with Gasteiger partial charge in [-0.2, -0.15) is 0 Å². The summed E-state index contributed by atoms with van der Waals surface area (Å²) in [6.45, 7) is 2.52. The van der Waals surface area contributed by atoms with Gasteiger partial charge in [0.2, 0.25) is 5.91 Å². The highest BCUT2D eigenvalue weighted by Gasteiger charge is 2.10. The molecule has 27 heavy (non-hydrogen) atoms. The van der Waals surface area contributed by atoms with E-state index in [1.54, 1.807) is 18.2 Å². The number of rotatable bonds is 8. The topological polar surface area (TPSA) is 58.2 Å². The average molecular weight is 360 g/mol. The van der Waals surface area contributed by atoms with E-state index in [4.69, 9.17) is 0 Å². The second kappa shape index (κ2) is 11.3. The molecule has 0 aromatic heterocycles. The molecule has 0 saturated heterocycles. The van der Waals surface area contributed by atoms with Crippen molar-refractivity contribution in [2.24, 2.45) is 0 Å². The summed E-state index contributed by atoms with van der Waals surface area (Å²) in [6.07, 6.45) is 9.16. The van der Waals surface area contributed by atoms with Crippen LogP contribution >= 0.6 is 0 Å². The summed E-state index contributed by atoms with van der Waals surface area (Å²) < 4.78 is 0. The predicted molar refractivity (Wildman–Crippen MR) is 110 cm³/mol. The molecule has 0 unspecified atom stereocenters. The lowest BCUT2D eigenvalue weighted by molar-refractivity contribution is -0.121. The fourth-order valence-corrected chi connectivity index (χ4v) is 2.24. The van der Waals surface area contributed by atoms with Gasteiger partial charge in [0, 0.05) is 12.6 Å². The molecule has 2 amide bonds. The average Bonchev–Trinajstić information content (AvgIpc) is 2.71. The molecular weight excluding hydrogens is 336 g/mol. The number of carbonyl (C=O) groups is 2. The van der Waals surface area contributed by atoms with E-state index in [2.05, 4.69) is 10.6 Å². The molecule has 2 aromatic carbocycles. The van der Waals surface area contributed by atoms with E-state index in [0.29, 0.717) is 6.54 Å². The van der Waals surface area contributed by atoms with Crippen LogP contribution < -0.4 is 10.6 Å². The largest absolute Gasteiger partial charge is 0.351 e. The van der Waals surface area contributed by atoms with Crippen LogP contribution in [0.15, 0.2) is 84.6 Å². The molecule has 138 valence electrons. The highest BCUT2D eigenvalue weighted by Crippen LogP contribution is 2.03. The van der Waals surface area contributed by atoms with Crippen LogP contribution in [-0.2, 0) is 9.59 Å². The Morgan fingerprint density at radius 3 is 2.07 bits per heavy atom. The summed E-state index contributed by atoms with van der Waals surface area (Å²) in [5.74, 6) is -0.666. The van der Waals surface area contributed by atoms with E-state index in [-0.39, 0.29) is 17.5 Å². The molecule has 0 bridgehead atoms. The Balaban J connectivity index is 2.08. The standard InChI is InChI=1S/C23H24N2O2/c1-2-18-24-23(27)21(15-9-14-19-10-5-3-6-11-19)25-22(26)17-16-20-12-7-4-8-13-20/h3-17H,2,18H2,1H3,(H,24,27)(H,25,26)/b14-9+,17-16+,21-15-. The first-order chi connectivity index (χ1) is 13.2. The lowest BCUT2D eigenvalue weighted by Gasteiger charge is -2.08. The summed E-state index contributed by atoms with van der Waals surface area (Å²) in [5.41, 5.74) is 2.13. The smallest absolute Gasteiger partial charge is 0.267 e. The van der Waals surface area contributed by atoms with E-state index < -0.39 is 0 Å². The van der Waals surface area contributed by atoms with Gasteiger partial charge >= 0.3 is 0 Å². The van der Waals surface area contributed by atoms with E-state index in [1.165, 1.54) is 6.08 Å². The molecule has 0 fully saturated rings. The van der Waals surface area contributed by atoms with Crippen molar-refractivity contribution in [1.82, 2.24) is 10.6 Å². The lowest BCUT2D eigenvalue weighted by Crippen LogP contribution is -2.34. The van der Waals surface area contributed by atoms with Crippen LogP contribution in [0.4, 0.5) is 0 Å². The molecule has 2 aromatic rings. The molecule has 0 aliphatic heterocycles. The minimum atomic E-state index is -0.357. The Labute approximate surface area is 160 Å². The van der Waals surface area contributed by atoms with Gasteiger partial charge in [0.15, 0.2) is 0 Å². The molecule has 0 saturated carbocycles. The quantitative estimate of drug-likeness (QED) is 0.553. The van der Waals surface area contributed by atoms with Crippen molar-refractivity contribution in [3.05, 3.63) is 95.7 Å². The molecule has 0 aliphatic rings. The van der Waals surface area contributed by atoms with Gasteiger partial charge < -0.3 is 10.6 Å². The van der Waals surface area contributed by atoms with Crippen LogP contribution in [0.2, 0.25) is 0 Å². The Morgan fingerprint density at radius 1 is 0.889 bits per heavy atom. The fraction of sp³-hybridized carbons (Fsp3) is 0.130. The van der Waals surface area contributed by atoms with Crippen LogP contribution in [0, 0.1) is 0 Å². The van der Waals surface area contributed by atoms with Crippen molar-refractivity contribution in [3.8, 4) is 0 Å². The summed E-state index contributed by atoms with van der Waals surface area (Å²) in [5, 5.41) is 5.43. The molecule has 4 nitrogen and oxygen atoms in total. The number of hydrogen-bond donors (Lipinski definition) is 2. The Hall–Kier alpha value is -3.40. The first-order valence-corrected chi connectivity index (χ1v) is 8.94. The van der Waals surface area contributed by atoms with Gasteiger partial charge in [0.1, 0.15) is 5.70 Å². The summed E-state index contributed by atoms with van der Waals surface area (Å²) in [4.78, 5) is 24.5. The molecular formula is C23H24N2O2. The number of hydrogen-bond acceptors (Lipinski definition) is 2. The van der Waals surface area contributed by atoms with Crippen LogP contribution in [0.25, 0.3) is 12.2 Å². The van der Waals surface area contributed by atoms with Gasteiger partial charge in [0.25, 0.3) is 5.91 Å². The van der Waals surface area contributed by atoms with Gasteiger partial charge in [-0.05, 0) is 29.7 Å². The highest BCUT2D eigenvalue weighted by molar-refractivity contribution is 6.01. The number of amides is 2. The molecule has 0 atom stereocenters. The van der Waals surface area contributed by atoms with Crippen molar-refractivity contribution >= 4 is 24.0 Å². The number of allylic oxidation sites excluding steroid dienone is 2. The number of carbonyl (C=O) groups excluding carboxylic acids is 2. The predicted octanol–water partition coefficient (Wildman–Crippen LogP) is 3.94. The van der Waals surface area contributed by atoms with Crippen LogP contribution in [0.3, 0.4) is 0 Å². The third-order valence-electron chi connectivity index (χ3n) is 3.62. The van der Waals surface area contributed by atoms with Gasteiger partial charge in [-0.25, -0.2) is 0 Å². The van der Waals surface area contributed by atoms with E-state index in [0.717, 1.165) is 17.5 Å². The van der Waals surface area contributed by atoms with E-state index >= 15 is 0 Å². The zero-order chi connectivity index (χ0) is 19.3. The molecule has 0 radical (unpaired) electrons. The lowest BCUT2D eigenvalue weighted by atomic mass is 10.2. The molecule has 0 aliphatic carbocycles. The zero-order valence-corrected chi connectivity index (χ0v) is 15.4. The Bertz CT molecular complexity index is 822. The Morgan fingerprint density at radius 2 is 1.48 bits per heavy atom. The SMILES string of the molecule is CCCNC(=O)/C(=C/C=C/c1ccccc1)NC(=O)/C=C/c1ccccc1. The molecule has 0 spiro atoms. The van der Waals surface area contributed by atoms with Crippen molar-refractivity contribution in [3.63, 3.8) is 0 Å². The van der Waals surface area contributed by atoms with Crippen LogP contribution in [0.1, 0.15) is 24.5 Å². The van der Waals surface area contributed by atoms with Crippen molar-refractivity contribution in [2.45, 2.75) is 13.3 Å². The third-order valence-corrected chi connectivity index (χ3v) is 3.62. The maximum Gasteiger partial charge on any atom is 0.267 e. The molecule has 4 heteroatoms. The number of benzene rings is 2. The summed E-state index contributed by atoms with van der Waals surface area (Å²) in [6, 6.07) is 19.2. The summed E-state index contributed by atoms with van der Waals surface area (Å²) in [7, 11) is 0. The van der Waals surface area contributed by atoms with E-state index in [1.807, 2.05) is 73.7 Å².